The third-order valence-corrected chi connectivity index (χ3v) is 19.7. The van der Waals surface area contributed by atoms with Crippen molar-refractivity contribution in [1.82, 2.24) is 5.32 Å². The minimum atomic E-state index is -1.97. The maximum absolute atomic E-state index is 13.4. The first-order valence-electron chi connectivity index (χ1n) is 38.3. The molecule has 19 heteroatoms. The van der Waals surface area contributed by atoms with Gasteiger partial charge >= 0.3 is 0 Å². The van der Waals surface area contributed by atoms with E-state index in [-0.39, 0.29) is 18.9 Å². The Morgan fingerprint density at radius 1 is 0.348 bits per heavy atom. The van der Waals surface area contributed by atoms with Gasteiger partial charge in [-0.3, -0.25) is 4.79 Å². The van der Waals surface area contributed by atoms with Crippen molar-refractivity contribution in [3.63, 3.8) is 0 Å². The zero-order valence-electron chi connectivity index (χ0n) is 58.1. The number of rotatable bonds is 61. The van der Waals surface area contributed by atoms with Gasteiger partial charge in [-0.1, -0.05) is 309 Å². The first kappa shape index (κ1) is 85.0. The molecule has 19 nitrogen and oxygen atoms in total. The van der Waals surface area contributed by atoms with Gasteiger partial charge in [-0.15, -0.1) is 0 Å². The molecule has 546 valence electrons. The van der Waals surface area contributed by atoms with E-state index in [1.807, 2.05) is 0 Å². The standard InChI is InChI=1S/C73H141NO18/c1-3-5-7-9-11-13-15-17-19-20-21-22-23-24-25-26-27-28-29-30-31-32-33-34-35-37-39-41-43-45-47-49-51-61(79)74-56(57(78)50-48-46-44-42-40-38-36-18-16-14-12-10-8-6-4-2)55-87-71-67(85)64(82)69(59(53-76)89-71)92-73-68(86)65(83)70(60(54-77)90-73)91-72-66(84)63(81)62(80)58(52-75)88-72/h56-60,62-73,75-78,80-86H,3-55H2,1-2H3,(H,74,79). The van der Waals surface area contributed by atoms with Crippen LogP contribution in [0.3, 0.4) is 0 Å². The molecule has 0 spiro atoms. The van der Waals surface area contributed by atoms with Gasteiger partial charge in [0.1, 0.15) is 73.2 Å². The highest BCUT2D eigenvalue weighted by Gasteiger charge is 2.53. The van der Waals surface area contributed by atoms with Crippen LogP contribution in [0, 0.1) is 0 Å². The number of ether oxygens (including phenoxy) is 6. The number of amides is 1. The van der Waals surface area contributed by atoms with Crippen LogP contribution in [0.15, 0.2) is 0 Å². The number of hydrogen-bond donors (Lipinski definition) is 12. The minimum absolute atomic E-state index is 0.234. The number of nitrogens with one attached hydrogen (secondary N) is 1. The topological polar surface area (TPSA) is 307 Å². The lowest BCUT2D eigenvalue weighted by molar-refractivity contribution is -0.379. The predicted molar refractivity (Wildman–Crippen MR) is 361 cm³/mol. The fourth-order valence-electron chi connectivity index (χ4n) is 13.5. The van der Waals surface area contributed by atoms with E-state index in [0.717, 1.165) is 44.9 Å². The summed E-state index contributed by atoms with van der Waals surface area (Å²) in [5.74, 6) is -0.234. The first-order valence-corrected chi connectivity index (χ1v) is 38.3. The molecule has 3 fully saturated rings. The van der Waals surface area contributed by atoms with Crippen LogP contribution in [0.1, 0.15) is 328 Å². The van der Waals surface area contributed by atoms with Gasteiger partial charge in [0.05, 0.1) is 38.6 Å². The van der Waals surface area contributed by atoms with Crippen molar-refractivity contribution in [2.45, 2.75) is 433 Å². The van der Waals surface area contributed by atoms with E-state index in [1.165, 1.54) is 250 Å². The molecule has 0 aromatic carbocycles. The highest BCUT2D eigenvalue weighted by Crippen LogP contribution is 2.33. The number of carbonyl (C=O) groups excluding carboxylic acids is 1. The SMILES string of the molecule is CCCCCCCCCCCCCCCCCCCCCCCCCCCCCCCCCCC(=O)NC(COC1OC(CO)C(OC2OC(CO)C(OC3OC(CO)C(O)C(O)C3O)C(O)C2O)C(O)C1O)C(O)CCCCCCCCCCCCCCCCC. The van der Waals surface area contributed by atoms with Gasteiger partial charge in [0.15, 0.2) is 18.9 Å². The highest BCUT2D eigenvalue weighted by atomic mass is 16.8. The van der Waals surface area contributed by atoms with Gasteiger partial charge in [0.25, 0.3) is 0 Å². The Morgan fingerprint density at radius 2 is 0.620 bits per heavy atom. The van der Waals surface area contributed by atoms with Crippen LogP contribution in [-0.4, -0.2) is 193 Å². The van der Waals surface area contributed by atoms with Gasteiger partial charge in [0, 0.05) is 6.42 Å². The van der Waals surface area contributed by atoms with Crippen LogP contribution < -0.4 is 5.32 Å². The summed E-state index contributed by atoms with van der Waals surface area (Å²) >= 11 is 0. The summed E-state index contributed by atoms with van der Waals surface area (Å²) in [7, 11) is 0. The Kier molecular flexibility index (Phi) is 51.4. The maximum Gasteiger partial charge on any atom is 0.220 e. The van der Waals surface area contributed by atoms with Crippen molar-refractivity contribution in [2.24, 2.45) is 0 Å². The zero-order valence-corrected chi connectivity index (χ0v) is 58.1. The van der Waals surface area contributed by atoms with Crippen molar-refractivity contribution in [3.8, 4) is 0 Å². The molecule has 17 unspecified atom stereocenters. The average molecular weight is 1320 g/mol. The van der Waals surface area contributed by atoms with Crippen LogP contribution in [0.5, 0.6) is 0 Å². The van der Waals surface area contributed by atoms with Crippen molar-refractivity contribution < 1.29 is 89.4 Å². The normalized spacial score (nSPS) is 27.6. The van der Waals surface area contributed by atoms with Crippen LogP contribution in [-0.2, 0) is 33.2 Å². The zero-order chi connectivity index (χ0) is 66.8. The fourth-order valence-corrected chi connectivity index (χ4v) is 13.5. The van der Waals surface area contributed by atoms with Gasteiger partial charge in [-0.2, -0.15) is 0 Å². The summed E-state index contributed by atoms with van der Waals surface area (Å²) in [4.78, 5) is 13.4. The number of aliphatic hydroxyl groups is 11. The van der Waals surface area contributed by atoms with E-state index in [1.54, 1.807) is 0 Å². The summed E-state index contributed by atoms with van der Waals surface area (Å²) in [5, 5.41) is 121. The van der Waals surface area contributed by atoms with E-state index in [4.69, 9.17) is 28.4 Å². The average Bonchev–Trinajstić information content (AvgIpc) is 0.848. The van der Waals surface area contributed by atoms with E-state index >= 15 is 0 Å². The molecule has 0 aromatic rings. The second kappa shape index (κ2) is 55.6. The highest BCUT2D eigenvalue weighted by molar-refractivity contribution is 5.76. The third kappa shape index (κ3) is 36.6. The van der Waals surface area contributed by atoms with Gasteiger partial charge in [-0.25, -0.2) is 0 Å². The van der Waals surface area contributed by atoms with E-state index in [2.05, 4.69) is 19.2 Å². The molecule has 0 aromatic heterocycles. The van der Waals surface area contributed by atoms with Crippen LogP contribution >= 0.6 is 0 Å². The summed E-state index contributed by atoms with van der Waals surface area (Å²) < 4.78 is 34.5. The molecule has 0 saturated carbocycles. The summed E-state index contributed by atoms with van der Waals surface area (Å²) in [6.45, 7) is 1.85. The Labute approximate surface area is 557 Å². The molecule has 0 aliphatic carbocycles. The molecule has 1 amide bonds. The van der Waals surface area contributed by atoms with Gasteiger partial charge in [0.2, 0.25) is 5.91 Å². The second-order valence-corrected chi connectivity index (χ2v) is 27.8. The van der Waals surface area contributed by atoms with E-state index < -0.39 is 124 Å². The van der Waals surface area contributed by atoms with Crippen molar-refractivity contribution >= 4 is 5.91 Å². The van der Waals surface area contributed by atoms with E-state index in [9.17, 15) is 61.0 Å². The monoisotopic (exact) mass is 1320 g/mol. The Balaban J connectivity index is 1.34. The molecule has 3 saturated heterocycles. The maximum atomic E-state index is 13.4. The molecule has 3 heterocycles. The van der Waals surface area contributed by atoms with Crippen molar-refractivity contribution in [2.75, 3.05) is 26.4 Å². The lowest BCUT2D eigenvalue weighted by Crippen LogP contribution is -2.66. The first-order chi connectivity index (χ1) is 44.8. The molecule has 17 atom stereocenters. The van der Waals surface area contributed by atoms with Crippen LogP contribution in [0.2, 0.25) is 0 Å². The Bertz CT molecular complexity index is 1670. The number of aliphatic hydroxyl groups excluding tert-OH is 11. The third-order valence-electron chi connectivity index (χ3n) is 19.7. The van der Waals surface area contributed by atoms with Crippen LogP contribution in [0.25, 0.3) is 0 Å². The molecular formula is C73H141NO18. The molecule has 0 radical (unpaired) electrons. The van der Waals surface area contributed by atoms with Gasteiger partial charge < -0.3 is 89.9 Å². The van der Waals surface area contributed by atoms with Crippen LogP contribution in [0.4, 0.5) is 0 Å². The molecular weight excluding hydrogens is 1180 g/mol. The minimum Gasteiger partial charge on any atom is -0.394 e. The molecule has 0 bridgehead atoms. The lowest BCUT2D eigenvalue weighted by atomic mass is 9.96. The Hall–Kier alpha value is -1.21. The number of unbranched alkanes of at least 4 members (excludes halogenated alkanes) is 45. The summed E-state index contributed by atoms with van der Waals surface area (Å²) in [5.41, 5.74) is 0. The predicted octanol–water partition coefficient (Wildman–Crippen LogP) is 11.5. The molecule has 12 N–H and O–H groups in total. The van der Waals surface area contributed by atoms with E-state index in [0.29, 0.717) is 12.8 Å². The molecule has 3 aliphatic heterocycles. The number of carbonyl (C=O) groups is 1. The lowest BCUT2D eigenvalue weighted by Gasteiger charge is -2.48. The largest absolute Gasteiger partial charge is 0.394 e. The van der Waals surface area contributed by atoms with Crippen molar-refractivity contribution in [1.29, 1.82) is 0 Å². The molecule has 3 aliphatic rings. The number of hydrogen-bond acceptors (Lipinski definition) is 18. The fraction of sp³-hybridized carbons (Fsp3) is 0.986. The molecule has 92 heavy (non-hydrogen) atoms. The quantitative estimate of drug-likeness (QED) is 0.0252. The van der Waals surface area contributed by atoms with Gasteiger partial charge in [-0.05, 0) is 12.8 Å². The Morgan fingerprint density at radius 3 is 0.946 bits per heavy atom. The van der Waals surface area contributed by atoms with Crippen molar-refractivity contribution in [3.05, 3.63) is 0 Å². The smallest absolute Gasteiger partial charge is 0.220 e. The molecule has 3 rings (SSSR count). The summed E-state index contributed by atoms with van der Waals surface area (Å²) in [6, 6.07) is -0.882. The summed E-state index contributed by atoms with van der Waals surface area (Å²) in [6.07, 6.45) is 34.9. The second-order valence-electron chi connectivity index (χ2n) is 27.8.